The van der Waals surface area contributed by atoms with E-state index in [4.69, 9.17) is 16.4 Å². The van der Waals surface area contributed by atoms with Gasteiger partial charge in [-0.3, -0.25) is 0 Å². The smallest absolute Gasteiger partial charge is 0.270 e. The lowest BCUT2D eigenvalue weighted by molar-refractivity contribution is 0.142. The quantitative estimate of drug-likeness (QED) is 0.844. The number of nitrogens with two attached hydrogens (primary N) is 1. The Balaban J connectivity index is 3.69. The Morgan fingerprint density at radius 1 is 1.56 bits per heavy atom. The Morgan fingerprint density at radius 2 is 2.12 bits per heavy atom. The summed E-state index contributed by atoms with van der Waals surface area (Å²) in [4.78, 5) is 2.58. The van der Waals surface area contributed by atoms with Crippen LogP contribution in [-0.4, -0.2) is 20.5 Å². The third kappa shape index (κ3) is 2.33. The Labute approximate surface area is 94.6 Å². The van der Waals surface area contributed by atoms with Gasteiger partial charge in [0.05, 0.1) is 19.0 Å². The molecule has 1 aromatic heterocycles. The monoisotopic (exact) mass is 272 g/mol. The van der Waals surface area contributed by atoms with E-state index in [1.165, 1.54) is 0 Å². The van der Waals surface area contributed by atoms with E-state index in [-0.39, 0.29) is 0 Å². The number of rotatable bonds is 3. The third-order valence-corrected chi connectivity index (χ3v) is 3.12. The second-order valence-corrected chi connectivity index (χ2v) is 5.21. The van der Waals surface area contributed by atoms with Crippen LogP contribution in [-0.2, 0) is 9.05 Å². The molecular formula is C7H7ClF2N2O3S. The van der Waals surface area contributed by atoms with Crippen molar-refractivity contribution in [3.8, 4) is 5.88 Å². The minimum Gasteiger partial charge on any atom is -0.481 e. The summed E-state index contributed by atoms with van der Waals surface area (Å²) in [6.07, 6.45) is -2.23. The van der Waals surface area contributed by atoms with Gasteiger partial charge in [-0.1, -0.05) is 0 Å². The van der Waals surface area contributed by atoms with E-state index < -0.39 is 37.5 Å². The van der Waals surface area contributed by atoms with Gasteiger partial charge in [0.1, 0.15) is 10.5 Å². The van der Waals surface area contributed by atoms with Crippen molar-refractivity contribution >= 4 is 25.4 Å². The molecule has 0 aromatic carbocycles. The summed E-state index contributed by atoms with van der Waals surface area (Å²) in [5.41, 5.74) is 3.87. The first-order chi connectivity index (χ1) is 7.29. The summed E-state index contributed by atoms with van der Waals surface area (Å²) in [5, 5.41) is 0. The maximum atomic E-state index is 12.7. The minimum absolute atomic E-state index is 0.453. The summed E-state index contributed by atoms with van der Waals surface area (Å²) in [6, 6.07) is 0. The van der Waals surface area contributed by atoms with E-state index >= 15 is 0 Å². The topological polar surface area (TPSA) is 82.3 Å². The summed E-state index contributed by atoms with van der Waals surface area (Å²) in [6.45, 7) is 0. The van der Waals surface area contributed by atoms with Crippen LogP contribution in [0.3, 0.4) is 0 Å². The number of anilines is 1. The predicted octanol–water partition coefficient (Wildman–Crippen LogP) is 1.54. The molecule has 16 heavy (non-hydrogen) atoms. The van der Waals surface area contributed by atoms with Crippen LogP contribution in [0.2, 0.25) is 0 Å². The highest BCUT2D eigenvalue weighted by atomic mass is 35.7. The zero-order chi connectivity index (χ0) is 12.5. The van der Waals surface area contributed by atoms with E-state index in [9.17, 15) is 17.2 Å². The van der Waals surface area contributed by atoms with Gasteiger partial charge in [-0.15, -0.1) is 0 Å². The maximum Gasteiger partial charge on any atom is 0.270 e. The number of nitrogen functional groups attached to an aromatic ring is 1. The van der Waals surface area contributed by atoms with Crippen molar-refractivity contribution in [1.82, 2.24) is 4.98 Å². The van der Waals surface area contributed by atoms with E-state index in [1.54, 1.807) is 0 Å². The minimum atomic E-state index is -4.39. The van der Waals surface area contributed by atoms with Crippen LogP contribution in [0.25, 0.3) is 0 Å². The van der Waals surface area contributed by atoms with E-state index in [1.807, 2.05) is 0 Å². The molecule has 0 saturated carbocycles. The summed E-state index contributed by atoms with van der Waals surface area (Å²) in [7, 11) is 1.70. The van der Waals surface area contributed by atoms with Crippen LogP contribution < -0.4 is 10.5 Å². The fourth-order valence-corrected chi connectivity index (χ4v) is 2.43. The second-order valence-electron chi connectivity index (χ2n) is 2.70. The molecule has 0 fully saturated rings. The average Bonchev–Trinajstić information content (AvgIpc) is 2.15. The Kier molecular flexibility index (Phi) is 3.54. The van der Waals surface area contributed by atoms with E-state index in [0.717, 1.165) is 13.3 Å². The van der Waals surface area contributed by atoms with Crippen LogP contribution in [0, 0.1) is 0 Å². The van der Waals surface area contributed by atoms with Crippen LogP contribution in [0.1, 0.15) is 12.0 Å². The van der Waals surface area contributed by atoms with Crippen molar-refractivity contribution in [1.29, 1.82) is 0 Å². The summed E-state index contributed by atoms with van der Waals surface area (Å²) in [5.74, 6) is -0.525. The number of pyridine rings is 1. The third-order valence-electron chi connectivity index (χ3n) is 1.71. The fraction of sp³-hybridized carbons (Fsp3) is 0.286. The number of methoxy groups -OCH3 is 1. The molecule has 5 nitrogen and oxygen atoms in total. The van der Waals surface area contributed by atoms with Crippen LogP contribution in [0.15, 0.2) is 11.1 Å². The first-order valence-electron chi connectivity index (χ1n) is 3.84. The van der Waals surface area contributed by atoms with Crippen molar-refractivity contribution < 1.29 is 21.9 Å². The van der Waals surface area contributed by atoms with Crippen LogP contribution >= 0.6 is 10.7 Å². The summed E-state index contributed by atoms with van der Waals surface area (Å²) >= 11 is 0. The molecule has 0 unspecified atom stereocenters. The number of hydrogen-bond donors (Lipinski definition) is 1. The molecule has 1 rings (SSSR count). The van der Waals surface area contributed by atoms with Crippen LogP contribution in [0.4, 0.5) is 14.5 Å². The predicted molar refractivity (Wildman–Crippen MR) is 53.2 cm³/mol. The molecule has 0 aliphatic carbocycles. The van der Waals surface area contributed by atoms with Gasteiger partial charge in [0.25, 0.3) is 15.5 Å². The highest BCUT2D eigenvalue weighted by Crippen LogP contribution is 2.37. The lowest BCUT2D eigenvalue weighted by Gasteiger charge is -2.11. The summed E-state index contributed by atoms with van der Waals surface area (Å²) < 4.78 is 52.1. The standard InChI is InChI=1S/C7H7ClF2N2O3S/c1-15-7-4(6(9)10)5(16(8,13)14)3(11)2-12-7/h2,6H,11H2,1H3. The first-order valence-corrected chi connectivity index (χ1v) is 6.15. The lowest BCUT2D eigenvalue weighted by atomic mass is 10.2. The molecule has 0 amide bonds. The van der Waals surface area contributed by atoms with Crippen molar-refractivity contribution in [2.24, 2.45) is 0 Å². The molecule has 0 radical (unpaired) electrons. The SMILES string of the molecule is COc1ncc(N)c(S(=O)(=O)Cl)c1C(F)F. The molecule has 0 saturated heterocycles. The molecule has 0 atom stereocenters. The number of halogens is 3. The van der Waals surface area contributed by atoms with Gasteiger partial charge in [-0.05, 0) is 0 Å². The zero-order valence-corrected chi connectivity index (χ0v) is 9.52. The van der Waals surface area contributed by atoms with Crippen molar-refractivity contribution in [3.63, 3.8) is 0 Å². The molecule has 0 spiro atoms. The Hall–Kier alpha value is -1.15. The first kappa shape index (κ1) is 12.9. The molecule has 2 N–H and O–H groups in total. The van der Waals surface area contributed by atoms with Gasteiger partial charge >= 0.3 is 0 Å². The highest BCUT2D eigenvalue weighted by Gasteiger charge is 2.29. The van der Waals surface area contributed by atoms with Gasteiger partial charge in [-0.25, -0.2) is 22.2 Å². The van der Waals surface area contributed by atoms with Gasteiger partial charge in [0, 0.05) is 10.7 Å². The molecule has 9 heteroatoms. The Bertz CT molecular complexity index is 507. The van der Waals surface area contributed by atoms with E-state index in [2.05, 4.69) is 9.72 Å². The van der Waals surface area contributed by atoms with Crippen molar-refractivity contribution in [2.75, 3.05) is 12.8 Å². The molecule has 90 valence electrons. The lowest BCUT2D eigenvalue weighted by Crippen LogP contribution is -2.07. The fourth-order valence-electron chi connectivity index (χ4n) is 1.14. The largest absolute Gasteiger partial charge is 0.481 e. The van der Waals surface area contributed by atoms with Gasteiger partial charge < -0.3 is 10.5 Å². The molecule has 0 aliphatic heterocycles. The van der Waals surface area contributed by atoms with Crippen LogP contribution in [0.5, 0.6) is 5.88 Å². The number of ether oxygens (including phenoxy) is 1. The van der Waals surface area contributed by atoms with Gasteiger partial charge in [0.15, 0.2) is 0 Å². The van der Waals surface area contributed by atoms with E-state index in [0.29, 0.717) is 0 Å². The molecule has 0 aliphatic rings. The Morgan fingerprint density at radius 3 is 2.50 bits per heavy atom. The number of alkyl halides is 2. The average molecular weight is 273 g/mol. The van der Waals surface area contributed by atoms with Gasteiger partial charge in [0.2, 0.25) is 5.88 Å². The molecule has 0 bridgehead atoms. The number of nitrogens with zero attached hydrogens (tertiary/aromatic N) is 1. The van der Waals surface area contributed by atoms with Crippen molar-refractivity contribution in [2.45, 2.75) is 11.3 Å². The van der Waals surface area contributed by atoms with Gasteiger partial charge in [-0.2, -0.15) is 0 Å². The molecular weight excluding hydrogens is 266 g/mol. The normalized spacial score (nSPS) is 11.8. The number of hydrogen-bond acceptors (Lipinski definition) is 5. The molecule has 1 aromatic rings. The zero-order valence-electron chi connectivity index (χ0n) is 7.95. The molecule has 1 heterocycles. The maximum absolute atomic E-state index is 12.7. The highest BCUT2D eigenvalue weighted by molar-refractivity contribution is 8.14. The number of aromatic nitrogens is 1. The second kappa shape index (κ2) is 4.38. The van der Waals surface area contributed by atoms with Crippen molar-refractivity contribution in [3.05, 3.63) is 11.8 Å².